The summed E-state index contributed by atoms with van der Waals surface area (Å²) in [4.78, 5) is 23.2. The van der Waals surface area contributed by atoms with Crippen LogP contribution in [0.1, 0.15) is 25.0 Å². The first kappa shape index (κ1) is 22.7. The summed E-state index contributed by atoms with van der Waals surface area (Å²) in [6, 6.07) is 10.4. The number of aliphatic carboxylic acids is 1. The maximum atomic E-state index is 12.2. The first-order chi connectivity index (χ1) is 13.8. The Kier molecular flexibility index (Phi) is 8.48. The number of anilines is 1. The molecule has 0 fully saturated rings. The molecule has 29 heavy (non-hydrogen) atoms. The largest absolute Gasteiger partial charge is 0.490 e. The molecule has 8 heteroatoms. The van der Waals surface area contributed by atoms with Crippen molar-refractivity contribution in [2.45, 2.75) is 33.4 Å². The average Bonchev–Trinajstić information content (AvgIpc) is 2.67. The van der Waals surface area contributed by atoms with Gasteiger partial charge in [0.2, 0.25) is 0 Å². The van der Waals surface area contributed by atoms with Crippen LogP contribution in [0.3, 0.4) is 0 Å². The van der Waals surface area contributed by atoms with Gasteiger partial charge >= 0.3 is 5.97 Å². The molecule has 1 atom stereocenters. The van der Waals surface area contributed by atoms with Crippen molar-refractivity contribution in [1.82, 2.24) is 5.32 Å². The molecule has 0 radical (unpaired) electrons. The number of rotatable bonds is 10. The van der Waals surface area contributed by atoms with Crippen molar-refractivity contribution in [2.24, 2.45) is 0 Å². The molecule has 156 valence electrons. The Morgan fingerprint density at radius 1 is 1.17 bits per heavy atom. The van der Waals surface area contributed by atoms with Crippen molar-refractivity contribution in [3.8, 4) is 11.5 Å². The van der Waals surface area contributed by atoms with Gasteiger partial charge in [-0.05, 0) is 66.5 Å². The Labute approximate surface area is 178 Å². The maximum Gasteiger partial charge on any atom is 0.320 e. The van der Waals surface area contributed by atoms with Crippen molar-refractivity contribution in [1.29, 1.82) is 0 Å². The van der Waals surface area contributed by atoms with Crippen LogP contribution in [0.2, 0.25) is 0 Å². The van der Waals surface area contributed by atoms with Crippen LogP contribution in [0.25, 0.3) is 0 Å². The highest BCUT2D eigenvalue weighted by Gasteiger charge is 2.16. The Morgan fingerprint density at radius 2 is 1.86 bits per heavy atom. The quantitative estimate of drug-likeness (QED) is 0.495. The van der Waals surface area contributed by atoms with E-state index in [0.29, 0.717) is 34.8 Å². The molecule has 2 aromatic rings. The van der Waals surface area contributed by atoms with Crippen LogP contribution in [0.5, 0.6) is 11.5 Å². The van der Waals surface area contributed by atoms with Gasteiger partial charge in [0.05, 0.1) is 11.1 Å². The third-order valence-corrected chi connectivity index (χ3v) is 4.62. The normalized spacial score (nSPS) is 11.6. The van der Waals surface area contributed by atoms with E-state index in [1.54, 1.807) is 19.1 Å². The Hall–Kier alpha value is -2.58. The molecule has 3 N–H and O–H groups in total. The summed E-state index contributed by atoms with van der Waals surface area (Å²) in [5.41, 5.74) is 2.63. The number of hydrogen-bond donors (Lipinski definition) is 3. The summed E-state index contributed by atoms with van der Waals surface area (Å²) >= 11 is 3.45. The number of carboxylic acids is 1. The van der Waals surface area contributed by atoms with Crippen molar-refractivity contribution >= 4 is 33.5 Å². The number of aryl methyl sites for hydroxylation is 1. The number of ether oxygens (including phenoxy) is 2. The fraction of sp³-hybridized carbons (Fsp3) is 0.333. The fourth-order valence-corrected chi connectivity index (χ4v) is 3.06. The second kappa shape index (κ2) is 10.8. The van der Waals surface area contributed by atoms with E-state index in [1.807, 2.05) is 38.1 Å². The molecule has 0 bridgehead atoms. The van der Waals surface area contributed by atoms with Crippen LogP contribution in [0.15, 0.2) is 40.9 Å². The van der Waals surface area contributed by atoms with Gasteiger partial charge in [-0.15, -0.1) is 0 Å². The number of carbonyl (C=O) groups excluding carboxylic acids is 1. The summed E-state index contributed by atoms with van der Waals surface area (Å²) < 4.78 is 12.0. The predicted molar refractivity (Wildman–Crippen MR) is 115 cm³/mol. The topological polar surface area (TPSA) is 96.9 Å². The van der Waals surface area contributed by atoms with E-state index < -0.39 is 12.0 Å². The van der Waals surface area contributed by atoms with Crippen molar-refractivity contribution in [3.05, 3.63) is 52.0 Å². The van der Waals surface area contributed by atoms with Crippen LogP contribution in [0.4, 0.5) is 5.69 Å². The molecule has 1 unspecified atom stereocenters. The Balaban J connectivity index is 2.05. The lowest BCUT2D eigenvalue weighted by atomic mass is 10.2. The van der Waals surface area contributed by atoms with Gasteiger partial charge in [0.25, 0.3) is 5.91 Å². The molecular formula is C21H25BrN2O5. The lowest BCUT2D eigenvalue weighted by Gasteiger charge is -2.16. The summed E-state index contributed by atoms with van der Waals surface area (Å²) in [5, 5.41) is 14.7. The molecule has 0 saturated heterocycles. The van der Waals surface area contributed by atoms with Crippen LogP contribution >= 0.6 is 15.9 Å². The summed E-state index contributed by atoms with van der Waals surface area (Å²) in [7, 11) is 0. The van der Waals surface area contributed by atoms with Gasteiger partial charge in [-0.1, -0.05) is 17.7 Å². The molecule has 0 aliphatic heterocycles. The number of hydrogen-bond acceptors (Lipinski definition) is 5. The average molecular weight is 465 g/mol. The molecule has 2 aromatic carbocycles. The monoisotopic (exact) mass is 464 g/mol. The third kappa shape index (κ3) is 7.07. The van der Waals surface area contributed by atoms with E-state index in [1.165, 1.54) is 0 Å². The third-order valence-electron chi connectivity index (χ3n) is 4.03. The lowest BCUT2D eigenvalue weighted by Crippen LogP contribution is -2.33. The van der Waals surface area contributed by atoms with E-state index in [-0.39, 0.29) is 12.5 Å². The molecule has 0 aliphatic rings. The highest BCUT2D eigenvalue weighted by Crippen LogP contribution is 2.37. The van der Waals surface area contributed by atoms with Gasteiger partial charge in [0.1, 0.15) is 6.04 Å². The van der Waals surface area contributed by atoms with Gasteiger partial charge in [-0.3, -0.25) is 9.59 Å². The van der Waals surface area contributed by atoms with Crippen LogP contribution in [0, 0.1) is 6.92 Å². The maximum absolute atomic E-state index is 12.2. The highest BCUT2D eigenvalue weighted by molar-refractivity contribution is 9.10. The SMILES string of the molecule is CCOc1cc(CNC(C)C(=O)O)cc(Br)c1OCC(=O)Nc1ccc(C)cc1. The smallest absolute Gasteiger partial charge is 0.320 e. The molecule has 0 spiro atoms. The fourth-order valence-electron chi connectivity index (χ4n) is 2.46. The van der Waals surface area contributed by atoms with Crippen molar-refractivity contribution in [2.75, 3.05) is 18.5 Å². The lowest BCUT2D eigenvalue weighted by molar-refractivity contribution is -0.139. The second-order valence-corrected chi connectivity index (χ2v) is 7.34. The van der Waals surface area contributed by atoms with Crippen LogP contribution < -0.4 is 20.1 Å². The van der Waals surface area contributed by atoms with Gasteiger partial charge < -0.3 is 25.2 Å². The summed E-state index contributed by atoms with van der Waals surface area (Å²) in [6.45, 7) is 5.98. The van der Waals surface area contributed by atoms with E-state index in [2.05, 4.69) is 26.6 Å². The Morgan fingerprint density at radius 3 is 2.48 bits per heavy atom. The number of carbonyl (C=O) groups is 2. The number of nitrogens with one attached hydrogen (secondary N) is 2. The highest BCUT2D eigenvalue weighted by atomic mass is 79.9. The van der Waals surface area contributed by atoms with E-state index in [9.17, 15) is 9.59 Å². The van der Waals surface area contributed by atoms with Crippen molar-refractivity contribution in [3.63, 3.8) is 0 Å². The first-order valence-electron chi connectivity index (χ1n) is 9.20. The van der Waals surface area contributed by atoms with Gasteiger partial charge in [0, 0.05) is 12.2 Å². The van der Waals surface area contributed by atoms with Crippen LogP contribution in [-0.2, 0) is 16.1 Å². The molecule has 1 amide bonds. The summed E-state index contributed by atoms with van der Waals surface area (Å²) in [5.74, 6) is -0.316. The zero-order chi connectivity index (χ0) is 21.4. The standard InChI is InChI=1S/C21H25BrN2O5/c1-4-28-18-10-15(11-23-14(3)21(26)27)9-17(22)20(18)29-12-19(25)24-16-7-5-13(2)6-8-16/h5-10,14,23H,4,11-12H2,1-3H3,(H,24,25)(H,26,27). The van der Waals surface area contributed by atoms with E-state index >= 15 is 0 Å². The molecule has 0 heterocycles. The van der Waals surface area contributed by atoms with Gasteiger partial charge in [-0.2, -0.15) is 0 Å². The molecule has 0 saturated carbocycles. The molecular weight excluding hydrogens is 440 g/mol. The second-order valence-electron chi connectivity index (χ2n) is 6.48. The number of halogens is 1. The first-order valence-corrected chi connectivity index (χ1v) is 10.00. The number of benzene rings is 2. The van der Waals surface area contributed by atoms with Gasteiger partial charge in [-0.25, -0.2) is 0 Å². The number of carboxylic acid groups (broad SMARTS) is 1. The Bertz CT molecular complexity index is 855. The zero-order valence-electron chi connectivity index (χ0n) is 16.6. The minimum atomic E-state index is -0.923. The molecule has 7 nitrogen and oxygen atoms in total. The summed E-state index contributed by atoms with van der Waals surface area (Å²) in [6.07, 6.45) is 0. The molecule has 0 aromatic heterocycles. The minimum Gasteiger partial charge on any atom is -0.490 e. The predicted octanol–water partition coefficient (Wildman–Crippen LogP) is 3.74. The van der Waals surface area contributed by atoms with E-state index in [4.69, 9.17) is 14.6 Å². The van der Waals surface area contributed by atoms with Crippen LogP contribution in [-0.4, -0.2) is 36.2 Å². The van der Waals surface area contributed by atoms with Crippen molar-refractivity contribution < 1.29 is 24.2 Å². The number of amides is 1. The van der Waals surface area contributed by atoms with E-state index in [0.717, 1.165) is 11.1 Å². The molecule has 2 rings (SSSR count). The minimum absolute atomic E-state index is 0.180. The van der Waals surface area contributed by atoms with Gasteiger partial charge in [0.15, 0.2) is 18.1 Å². The molecule has 0 aliphatic carbocycles. The zero-order valence-corrected chi connectivity index (χ0v) is 18.2.